The molecule has 1 amide bonds. The lowest BCUT2D eigenvalue weighted by Crippen LogP contribution is -2.22. The first-order valence-electron chi connectivity index (χ1n) is 8.92. The van der Waals surface area contributed by atoms with E-state index in [1.54, 1.807) is 0 Å². The first-order chi connectivity index (χ1) is 13.5. The Kier molecular flexibility index (Phi) is 4.31. The first kappa shape index (κ1) is 17.7. The lowest BCUT2D eigenvalue weighted by molar-refractivity contribution is -0.384. The number of phenols is 1. The Balaban J connectivity index is 1.63. The van der Waals surface area contributed by atoms with Crippen molar-refractivity contribution in [2.24, 2.45) is 5.92 Å². The van der Waals surface area contributed by atoms with Crippen LogP contribution in [0.5, 0.6) is 5.75 Å². The Morgan fingerprint density at radius 3 is 2.07 bits per heavy atom. The molecule has 6 heteroatoms. The highest BCUT2D eigenvalue weighted by atomic mass is 16.6. The second kappa shape index (κ2) is 6.81. The molecule has 0 aromatic heterocycles. The van der Waals surface area contributed by atoms with E-state index in [4.69, 9.17) is 0 Å². The molecular formula is C22H18N2O4. The van der Waals surface area contributed by atoms with Crippen molar-refractivity contribution in [2.75, 3.05) is 5.32 Å². The summed E-state index contributed by atoms with van der Waals surface area (Å²) in [5.74, 6) is -0.850. The maximum absolute atomic E-state index is 13.0. The van der Waals surface area contributed by atoms with Crippen LogP contribution < -0.4 is 5.32 Å². The average molecular weight is 374 g/mol. The third kappa shape index (κ3) is 2.99. The molecule has 4 rings (SSSR count). The number of amides is 1. The zero-order valence-corrected chi connectivity index (χ0v) is 14.9. The largest absolute Gasteiger partial charge is 0.506 e. The van der Waals surface area contributed by atoms with Crippen molar-refractivity contribution < 1.29 is 14.8 Å². The monoisotopic (exact) mass is 374 g/mol. The van der Waals surface area contributed by atoms with E-state index in [1.165, 1.54) is 12.1 Å². The molecule has 0 spiro atoms. The topological polar surface area (TPSA) is 92.5 Å². The van der Waals surface area contributed by atoms with Crippen LogP contribution in [0.25, 0.3) is 0 Å². The summed E-state index contributed by atoms with van der Waals surface area (Å²) in [5, 5.41) is 23.6. The van der Waals surface area contributed by atoms with Gasteiger partial charge in [0.1, 0.15) is 5.75 Å². The Morgan fingerprint density at radius 1 is 1.00 bits per heavy atom. The fourth-order valence-corrected chi connectivity index (χ4v) is 3.81. The van der Waals surface area contributed by atoms with Crippen LogP contribution >= 0.6 is 0 Å². The summed E-state index contributed by atoms with van der Waals surface area (Å²) in [6.07, 6.45) is 0.653. The molecule has 1 atom stereocenters. The van der Waals surface area contributed by atoms with Crippen molar-refractivity contribution in [3.8, 4) is 5.75 Å². The van der Waals surface area contributed by atoms with Gasteiger partial charge < -0.3 is 10.4 Å². The lowest BCUT2D eigenvalue weighted by atomic mass is 9.85. The molecule has 1 saturated carbocycles. The smallest absolute Gasteiger partial charge is 0.273 e. The zero-order chi connectivity index (χ0) is 19.7. The summed E-state index contributed by atoms with van der Waals surface area (Å²) in [6.45, 7) is 0. The van der Waals surface area contributed by atoms with Gasteiger partial charge in [0, 0.05) is 11.5 Å². The van der Waals surface area contributed by atoms with Gasteiger partial charge in [-0.1, -0.05) is 60.7 Å². The lowest BCUT2D eigenvalue weighted by Gasteiger charge is -2.19. The second-order valence-electron chi connectivity index (χ2n) is 6.91. The maximum Gasteiger partial charge on any atom is 0.273 e. The van der Waals surface area contributed by atoms with Gasteiger partial charge >= 0.3 is 0 Å². The molecule has 0 aliphatic heterocycles. The summed E-state index contributed by atoms with van der Waals surface area (Å²) >= 11 is 0. The van der Waals surface area contributed by atoms with Gasteiger partial charge in [0.15, 0.2) is 0 Å². The van der Waals surface area contributed by atoms with E-state index in [0.717, 1.165) is 17.2 Å². The number of benzene rings is 3. The van der Waals surface area contributed by atoms with Crippen LogP contribution in [0, 0.1) is 16.0 Å². The zero-order valence-electron chi connectivity index (χ0n) is 14.9. The van der Waals surface area contributed by atoms with Gasteiger partial charge in [0.25, 0.3) is 5.69 Å². The normalized spacial score (nSPS) is 16.9. The quantitative estimate of drug-likeness (QED) is 0.397. The second-order valence-corrected chi connectivity index (χ2v) is 6.91. The summed E-state index contributed by atoms with van der Waals surface area (Å²) in [4.78, 5) is 23.2. The third-order valence-corrected chi connectivity index (χ3v) is 5.31. The Bertz CT molecular complexity index is 995. The van der Waals surface area contributed by atoms with Gasteiger partial charge in [-0.2, -0.15) is 0 Å². The highest BCUT2D eigenvalue weighted by Gasteiger charge is 2.60. The van der Waals surface area contributed by atoms with Crippen molar-refractivity contribution in [1.29, 1.82) is 0 Å². The third-order valence-electron chi connectivity index (χ3n) is 5.31. The Morgan fingerprint density at radius 2 is 1.57 bits per heavy atom. The molecule has 1 aliphatic rings. The summed E-state index contributed by atoms with van der Waals surface area (Å²) < 4.78 is 0. The number of nitro groups is 1. The van der Waals surface area contributed by atoms with Crippen LogP contribution in [0.15, 0.2) is 78.9 Å². The molecule has 3 aromatic rings. The van der Waals surface area contributed by atoms with Crippen LogP contribution in [-0.2, 0) is 10.2 Å². The molecule has 0 heterocycles. The number of rotatable bonds is 5. The van der Waals surface area contributed by atoms with Crippen molar-refractivity contribution >= 4 is 17.3 Å². The van der Waals surface area contributed by atoms with Crippen molar-refractivity contribution in [3.05, 3.63) is 100 Å². The number of anilines is 1. The molecule has 1 aliphatic carbocycles. The molecule has 28 heavy (non-hydrogen) atoms. The summed E-state index contributed by atoms with van der Waals surface area (Å²) in [7, 11) is 0. The molecule has 3 aromatic carbocycles. The number of phenolic OH excluding ortho intramolecular Hbond substituents is 1. The van der Waals surface area contributed by atoms with Gasteiger partial charge in [-0.05, 0) is 23.6 Å². The van der Waals surface area contributed by atoms with Crippen molar-refractivity contribution in [1.82, 2.24) is 0 Å². The molecular weight excluding hydrogens is 356 g/mol. The van der Waals surface area contributed by atoms with Gasteiger partial charge in [-0.15, -0.1) is 0 Å². The number of nitro benzene ring substituents is 1. The molecule has 6 nitrogen and oxygen atoms in total. The molecule has 0 bridgehead atoms. The van der Waals surface area contributed by atoms with E-state index in [2.05, 4.69) is 5.32 Å². The van der Waals surface area contributed by atoms with Gasteiger partial charge in [-0.3, -0.25) is 14.9 Å². The standard InChI is InChI=1S/C22H18N2O4/c25-20-13-17(24(27)28)11-12-19(20)23-21(26)18-14-22(18,15-7-3-1-4-8-15)16-9-5-2-6-10-16/h1-13,18,25H,14H2,(H,23,26). The van der Waals surface area contributed by atoms with Crippen LogP contribution in [-0.4, -0.2) is 15.9 Å². The summed E-state index contributed by atoms with van der Waals surface area (Å²) in [6, 6.07) is 23.4. The van der Waals surface area contributed by atoms with Crippen LogP contribution in [0.3, 0.4) is 0 Å². The predicted molar refractivity (Wildman–Crippen MR) is 105 cm³/mol. The number of carbonyl (C=O) groups is 1. The number of hydrogen-bond acceptors (Lipinski definition) is 4. The van der Waals surface area contributed by atoms with Gasteiger partial charge in [0.2, 0.25) is 5.91 Å². The minimum Gasteiger partial charge on any atom is -0.506 e. The number of non-ortho nitro benzene ring substituents is 1. The predicted octanol–water partition coefficient (Wildman–Crippen LogP) is 4.25. The molecule has 140 valence electrons. The number of aromatic hydroxyl groups is 1. The molecule has 0 saturated heterocycles. The number of hydrogen-bond donors (Lipinski definition) is 2. The molecule has 2 N–H and O–H groups in total. The van der Waals surface area contributed by atoms with E-state index in [0.29, 0.717) is 6.42 Å². The van der Waals surface area contributed by atoms with E-state index < -0.39 is 10.3 Å². The van der Waals surface area contributed by atoms with E-state index in [9.17, 15) is 20.0 Å². The van der Waals surface area contributed by atoms with E-state index >= 15 is 0 Å². The molecule has 0 radical (unpaired) electrons. The summed E-state index contributed by atoms with van der Waals surface area (Å²) in [5.41, 5.74) is 1.65. The number of carbonyl (C=O) groups excluding carboxylic acids is 1. The van der Waals surface area contributed by atoms with Gasteiger partial charge in [-0.25, -0.2) is 0 Å². The Labute approximate surface area is 161 Å². The highest BCUT2D eigenvalue weighted by molar-refractivity contribution is 5.98. The van der Waals surface area contributed by atoms with Crippen LogP contribution in [0.1, 0.15) is 17.5 Å². The Hall–Kier alpha value is -3.67. The fourth-order valence-electron chi connectivity index (χ4n) is 3.81. The first-order valence-corrected chi connectivity index (χ1v) is 8.92. The minimum absolute atomic E-state index is 0.164. The van der Waals surface area contributed by atoms with E-state index in [1.807, 2.05) is 60.7 Å². The van der Waals surface area contributed by atoms with Gasteiger partial charge in [0.05, 0.1) is 22.6 Å². The van der Waals surface area contributed by atoms with Crippen molar-refractivity contribution in [3.63, 3.8) is 0 Å². The highest BCUT2D eigenvalue weighted by Crippen LogP contribution is 2.59. The average Bonchev–Trinajstić information content (AvgIpc) is 3.48. The molecule has 1 fully saturated rings. The number of nitrogens with zero attached hydrogens (tertiary/aromatic N) is 1. The van der Waals surface area contributed by atoms with E-state index in [-0.39, 0.29) is 28.9 Å². The minimum atomic E-state index is -0.595. The SMILES string of the molecule is O=C(Nc1ccc([N+](=O)[O-])cc1O)C1CC1(c1ccccc1)c1ccccc1. The maximum atomic E-state index is 13.0. The van der Waals surface area contributed by atoms with Crippen LogP contribution in [0.4, 0.5) is 11.4 Å². The fraction of sp³-hybridized carbons (Fsp3) is 0.136. The van der Waals surface area contributed by atoms with Crippen molar-refractivity contribution in [2.45, 2.75) is 11.8 Å². The van der Waals surface area contributed by atoms with Crippen LogP contribution in [0.2, 0.25) is 0 Å². The number of nitrogens with one attached hydrogen (secondary N) is 1. The molecule has 1 unspecified atom stereocenters.